The molecular formula is C18H26ClN5O4. The van der Waals surface area contributed by atoms with E-state index in [4.69, 9.17) is 0 Å². The number of aliphatic carboxylic acids is 1. The quantitative estimate of drug-likeness (QED) is 0.789. The van der Waals surface area contributed by atoms with Gasteiger partial charge in [0.2, 0.25) is 0 Å². The molecule has 1 aliphatic carbocycles. The third-order valence-corrected chi connectivity index (χ3v) is 6.32. The Morgan fingerprint density at radius 2 is 1.89 bits per heavy atom. The van der Waals surface area contributed by atoms with Crippen molar-refractivity contribution in [2.45, 2.75) is 50.7 Å². The van der Waals surface area contributed by atoms with Crippen molar-refractivity contribution in [2.75, 3.05) is 6.54 Å². The van der Waals surface area contributed by atoms with E-state index in [1.807, 2.05) is 0 Å². The highest BCUT2D eigenvalue weighted by atomic mass is 35.5. The van der Waals surface area contributed by atoms with Crippen LogP contribution in [-0.4, -0.2) is 53.3 Å². The molecule has 1 saturated heterocycles. The van der Waals surface area contributed by atoms with E-state index in [-0.39, 0.29) is 18.0 Å². The Morgan fingerprint density at radius 1 is 1.18 bits per heavy atom. The molecule has 2 aromatic heterocycles. The van der Waals surface area contributed by atoms with Gasteiger partial charge in [0.1, 0.15) is 6.04 Å². The van der Waals surface area contributed by atoms with Gasteiger partial charge in [-0.2, -0.15) is 0 Å². The lowest BCUT2D eigenvalue weighted by Gasteiger charge is -2.33. The number of fused-ring (bicyclic) bond motifs is 2. The zero-order chi connectivity index (χ0) is 19.3. The van der Waals surface area contributed by atoms with Crippen LogP contribution in [0, 0.1) is 5.92 Å². The molecule has 1 N–H and O–H groups in total. The average molecular weight is 412 g/mol. The van der Waals surface area contributed by atoms with Crippen LogP contribution in [-0.2, 0) is 25.4 Å². The molecule has 0 bridgehead atoms. The molecular weight excluding hydrogens is 386 g/mol. The van der Waals surface area contributed by atoms with Gasteiger partial charge in [0.05, 0.1) is 6.33 Å². The Labute approximate surface area is 168 Å². The first-order valence-electron chi connectivity index (χ1n) is 9.49. The van der Waals surface area contributed by atoms with Crippen molar-refractivity contribution in [3.63, 3.8) is 0 Å². The molecule has 154 valence electrons. The fourth-order valence-corrected chi connectivity index (χ4v) is 4.91. The van der Waals surface area contributed by atoms with Gasteiger partial charge in [-0.05, 0) is 25.2 Å². The third-order valence-electron chi connectivity index (χ3n) is 6.32. The highest BCUT2D eigenvalue weighted by molar-refractivity contribution is 5.85. The van der Waals surface area contributed by atoms with Crippen molar-refractivity contribution in [3.8, 4) is 0 Å². The van der Waals surface area contributed by atoms with Crippen LogP contribution in [0.2, 0.25) is 0 Å². The van der Waals surface area contributed by atoms with E-state index in [1.165, 1.54) is 18.0 Å². The Bertz CT molecular complexity index is 1010. The van der Waals surface area contributed by atoms with E-state index >= 15 is 0 Å². The first-order chi connectivity index (χ1) is 12.9. The normalized spacial score (nSPS) is 24.9. The summed E-state index contributed by atoms with van der Waals surface area (Å²) < 4.78 is 4.18. The summed E-state index contributed by atoms with van der Waals surface area (Å²) in [5.41, 5.74) is -0.0497. The average Bonchev–Trinajstić information content (AvgIpc) is 3.24. The number of hydrogen-bond donors (Lipinski definition) is 1. The number of hydrogen-bond acceptors (Lipinski definition) is 5. The number of aromatic nitrogens is 4. The molecule has 2 fully saturated rings. The van der Waals surface area contributed by atoms with Crippen LogP contribution in [0.4, 0.5) is 0 Å². The number of halogens is 1. The minimum atomic E-state index is -0.766. The lowest BCUT2D eigenvalue weighted by atomic mass is 9.85. The maximum atomic E-state index is 12.6. The highest BCUT2D eigenvalue weighted by Crippen LogP contribution is 2.39. The van der Waals surface area contributed by atoms with Crippen molar-refractivity contribution in [2.24, 2.45) is 20.0 Å². The number of carbonyl (C=O) groups is 1. The van der Waals surface area contributed by atoms with E-state index in [9.17, 15) is 19.5 Å². The minimum absolute atomic E-state index is 0. The van der Waals surface area contributed by atoms with Crippen LogP contribution in [0.1, 0.15) is 32.1 Å². The number of carboxylic acids is 1. The Balaban J connectivity index is 0.00000225. The van der Waals surface area contributed by atoms with Gasteiger partial charge >= 0.3 is 11.7 Å². The molecule has 3 heterocycles. The topological polar surface area (TPSA) is 102 Å². The smallest absolute Gasteiger partial charge is 0.332 e. The molecule has 3 atom stereocenters. The Hall–Kier alpha value is -2.13. The molecule has 9 nitrogen and oxygen atoms in total. The highest BCUT2D eigenvalue weighted by Gasteiger charge is 2.44. The van der Waals surface area contributed by atoms with Crippen LogP contribution in [0.25, 0.3) is 11.2 Å². The van der Waals surface area contributed by atoms with Crippen molar-refractivity contribution >= 4 is 29.5 Å². The molecule has 4 rings (SSSR count). The van der Waals surface area contributed by atoms with Gasteiger partial charge < -0.3 is 9.67 Å². The SMILES string of the molecule is Cl.Cn1c(=O)c2c(ncn2CCN2C(C(=O)O)CC3CCCCC32)n(C)c1=O. The van der Waals surface area contributed by atoms with Crippen LogP contribution in [0.15, 0.2) is 15.9 Å². The number of carboxylic acid groups (broad SMARTS) is 1. The third kappa shape index (κ3) is 3.16. The van der Waals surface area contributed by atoms with Gasteiger partial charge in [-0.1, -0.05) is 12.8 Å². The fraction of sp³-hybridized carbons (Fsp3) is 0.667. The molecule has 28 heavy (non-hydrogen) atoms. The number of imidazole rings is 1. The lowest BCUT2D eigenvalue weighted by molar-refractivity contribution is -0.142. The van der Waals surface area contributed by atoms with E-state index in [0.717, 1.165) is 23.8 Å². The van der Waals surface area contributed by atoms with E-state index in [1.54, 1.807) is 17.9 Å². The van der Waals surface area contributed by atoms with Gasteiger partial charge in [-0.25, -0.2) is 9.78 Å². The van der Waals surface area contributed by atoms with Gasteiger partial charge in [-0.15, -0.1) is 12.4 Å². The second kappa shape index (κ2) is 7.71. The van der Waals surface area contributed by atoms with E-state index in [2.05, 4.69) is 9.88 Å². The van der Waals surface area contributed by atoms with Gasteiger partial charge in [-0.3, -0.25) is 23.6 Å². The first-order valence-corrected chi connectivity index (χ1v) is 9.49. The summed E-state index contributed by atoms with van der Waals surface area (Å²) in [6.07, 6.45) is 6.73. The predicted molar refractivity (Wildman–Crippen MR) is 106 cm³/mol. The predicted octanol–water partition coefficient (Wildman–Crippen LogP) is 0.573. The summed E-state index contributed by atoms with van der Waals surface area (Å²) in [5, 5.41) is 9.65. The zero-order valence-corrected chi connectivity index (χ0v) is 16.9. The largest absolute Gasteiger partial charge is 0.480 e. The summed E-state index contributed by atoms with van der Waals surface area (Å²) in [6, 6.07) is -0.151. The maximum absolute atomic E-state index is 12.6. The monoisotopic (exact) mass is 411 g/mol. The van der Waals surface area contributed by atoms with Crippen LogP contribution < -0.4 is 11.2 Å². The van der Waals surface area contributed by atoms with Gasteiger partial charge in [0.25, 0.3) is 5.56 Å². The molecule has 1 aliphatic heterocycles. The van der Waals surface area contributed by atoms with E-state index < -0.39 is 17.7 Å². The molecule has 0 aromatic carbocycles. The molecule has 0 amide bonds. The van der Waals surface area contributed by atoms with Crippen molar-refractivity contribution in [1.29, 1.82) is 0 Å². The van der Waals surface area contributed by atoms with Crippen molar-refractivity contribution in [1.82, 2.24) is 23.6 Å². The molecule has 2 aromatic rings. The molecule has 1 saturated carbocycles. The summed E-state index contributed by atoms with van der Waals surface area (Å²) in [6.45, 7) is 1.02. The van der Waals surface area contributed by atoms with Crippen LogP contribution in [0.3, 0.4) is 0 Å². The Morgan fingerprint density at radius 3 is 2.61 bits per heavy atom. The summed E-state index contributed by atoms with van der Waals surface area (Å²) >= 11 is 0. The zero-order valence-electron chi connectivity index (χ0n) is 16.1. The fourth-order valence-electron chi connectivity index (χ4n) is 4.91. The lowest BCUT2D eigenvalue weighted by Crippen LogP contribution is -2.44. The molecule has 0 radical (unpaired) electrons. The molecule has 0 spiro atoms. The van der Waals surface area contributed by atoms with Gasteiger partial charge in [0.15, 0.2) is 11.2 Å². The minimum Gasteiger partial charge on any atom is -0.480 e. The first kappa shape index (κ1) is 20.6. The van der Waals surface area contributed by atoms with Crippen LogP contribution >= 0.6 is 12.4 Å². The second-order valence-electron chi connectivity index (χ2n) is 7.76. The van der Waals surface area contributed by atoms with E-state index in [0.29, 0.717) is 42.6 Å². The number of aryl methyl sites for hydroxylation is 1. The summed E-state index contributed by atoms with van der Waals surface area (Å²) in [5.74, 6) is -0.314. The van der Waals surface area contributed by atoms with Gasteiger partial charge in [0, 0.05) is 33.2 Å². The summed E-state index contributed by atoms with van der Waals surface area (Å²) in [4.78, 5) is 42.7. The number of rotatable bonds is 4. The maximum Gasteiger partial charge on any atom is 0.332 e. The standard InChI is InChI=1S/C18H25N5O4.ClH/c1-20-15-14(16(24)21(2)18(20)27)22(10-19-15)7-8-23-12-6-4-3-5-11(12)9-13(23)17(25)26;/h10-13H,3-9H2,1-2H3,(H,25,26);1H. The van der Waals surface area contributed by atoms with Crippen LogP contribution in [0.5, 0.6) is 0 Å². The second-order valence-corrected chi connectivity index (χ2v) is 7.76. The Kier molecular flexibility index (Phi) is 5.67. The van der Waals surface area contributed by atoms with Crippen molar-refractivity contribution in [3.05, 3.63) is 27.2 Å². The number of nitrogens with zero attached hydrogens (tertiary/aromatic N) is 5. The van der Waals surface area contributed by atoms with Crippen molar-refractivity contribution < 1.29 is 9.90 Å². The summed E-state index contributed by atoms with van der Waals surface area (Å²) in [7, 11) is 3.05. The molecule has 3 unspecified atom stereocenters. The number of likely N-dealkylation sites (tertiary alicyclic amines) is 1. The molecule has 2 aliphatic rings. The molecule has 10 heteroatoms.